The number of para-hydroxylation sites is 1. The minimum atomic E-state index is -0.430. The highest BCUT2D eigenvalue weighted by Gasteiger charge is 2.47. The van der Waals surface area contributed by atoms with Gasteiger partial charge < -0.3 is 10.0 Å². The molecule has 1 saturated heterocycles. The summed E-state index contributed by atoms with van der Waals surface area (Å²) in [6.07, 6.45) is 5.87. The lowest BCUT2D eigenvalue weighted by molar-refractivity contribution is -0.385. The van der Waals surface area contributed by atoms with Gasteiger partial charge in [-0.05, 0) is 63.4 Å². The van der Waals surface area contributed by atoms with Gasteiger partial charge in [-0.2, -0.15) is 0 Å². The maximum Gasteiger partial charge on any atom is 0.273 e. The van der Waals surface area contributed by atoms with Crippen molar-refractivity contribution in [3.8, 4) is 0 Å². The Kier molecular flexibility index (Phi) is 5.70. The molecule has 2 heterocycles. The van der Waals surface area contributed by atoms with Crippen molar-refractivity contribution in [3.63, 3.8) is 0 Å². The van der Waals surface area contributed by atoms with Gasteiger partial charge in [0.05, 0.1) is 11.0 Å². The standard InChI is InChI=1S/C26H31N3O4/c1-18-10-11-19(16-23(18)29(32)33)25(31)28-17-26(20-6-2-3-7-21(20)28)12-14-27(15-13-26)22-8-4-5-9-24(22)30/h2-3,6-7,10-11,16,22,24,30H,4-5,8-9,12-15,17H2,1H3/t22-,24-/m0/s1. The molecular weight excluding hydrogens is 418 g/mol. The maximum absolute atomic E-state index is 13.5. The van der Waals surface area contributed by atoms with Crippen LogP contribution in [0.5, 0.6) is 0 Å². The van der Waals surface area contributed by atoms with Gasteiger partial charge in [0.1, 0.15) is 0 Å². The number of hydrogen-bond acceptors (Lipinski definition) is 5. The van der Waals surface area contributed by atoms with Crippen LogP contribution < -0.4 is 4.90 Å². The summed E-state index contributed by atoms with van der Waals surface area (Å²) in [4.78, 5) is 28.8. The molecule has 2 aromatic carbocycles. The van der Waals surface area contributed by atoms with E-state index >= 15 is 0 Å². The smallest absolute Gasteiger partial charge is 0.273 e. The van der Waals surface area contributed by atoms with Gasteiger partial charge in [0, 0.05) is 40.9 Å². The molecule has 2 aliphatic heterocycles. The Morgan fingerprint density at radius 2 is 1.85 bits per heavy atom. The molecule has 1 saturated carbocycles. The number of likely N-dealkylation sites (tertiary alicyclic amines) is 1. The second-order valence-electron chi connectivity index (χ2n) is 9.90. The van der Waals surface area contributed by atoms with E-state index in [0.29, 0.717) is 17.7 Å². The number of anilines is 1. The molecule has 2 aromatic rings. The van der Waals surface area contributed by atoms with E-state index in [9.17, 15) is 20.0 Å². The molecule has 5 rings (SSSR count). The third-order valence-electron chi connectivity index (χ3n) is 8.04. The SMILES string of the molecule is Cc1ccc(C(=O)N2CC3(CCN([C@H]4CCCC[C@@H]4O)CC3)c3ccccc32)cc1[N+](=O)[O-]. The molecule has 1 aliphatic carbocycles. The van der Waals surface area contributed by atoms with Crippen molar-refractivity contribution in [2.45, 2.75) is 63.0 Å². The van der Waals surface area contributed by atoms with Gasteiger partial charge in [-0.1, -0.05) is 37.1 Å². The number of hydrogen-bond donors (Lipinski definition) is 1. The average Bonchev–Trinajstić information content (AvgIpc) is 3.14. The van der Waals surface area contributed by atoms with Gasteiger partial charge in [-0.25, -0.2) is 0 Å². The number of amides is 1. The van der Waals surface area contributed by atoms with E-state index in [-0.39, 0.29) is 29.2 Å². The third-order valence-corrected chi connectivity index (χ3v) is 8.04. The van der Waals surface area contributed by atoms with E-state index in [2.05, 4.69) is 11.0 Å². The summed E-state index contributed by atoms with van der Waals surface area (Å²) in [7, 11) is 0. The van der Waals surface area contributed by atoms with Crippen LogP contribution in [0.1, 0.15) is 60.0 Å². The largest absolute Gasteiger partial charge is 0.391 e. The van der Waals surface area contributed by atoms with Crippen molar-refractivity contribution in [3.05, 3.63) is 69.3 Å². The van der Waals surface area contributed by atoms with E-state index in [1.807, 2.05) is 23.1 Å². The first-order valence-electron chi connectivity index (χ1n) is 12.0. The number of benzene rings is 2. The van der Waals surface area contributed by atoms with Crippen molar-refractivity contribution in [2.75, 3.05) is 24.5 Å². The molecule has 2 atom stereocenters. The van der Waals surface area contributed by atoms with Crippen LogP contribution in [0.25, 0.3) is 0 Å². The fourth-order valence-electron chi connectivity index (χ4n) is 6.14. The Labute approximate surface area is 194 Å². The molecule has 7 heteroatoms. The summed E-state index contributed by atoms with van der Waals surface area (Å²) in [6.45, 7) is 4.10. The molecule has 0 bridgehead atoms. The Morgan fingerprint density at radius 1 is 1.12 bits per heavy atom. The van der Waals surface area contributed by atoms with Crippen LogP contribution in [0.2, 0.25) is 0 Å². The van der Waals surface area contributed by atoms with Crippen molar-refractivity contribution >= 4 is 17.3 Å². The minimum absolute atomic E-state index is 0.0256. The number of aliphatic hydroxyl groups is 1. The van der Waals surface area contributed by atoms with E-state index in [4.69, 9.17) is 0 Å². The van der Waals surface area contributed by atoms with Crippen LogP contribution in [0.4, 0.5) is 11.4 Å². The zero-order chi connectivity index (χ0) is 23.2. The Bertz CT molecular complexity index is 1080. The van der Waals surface area contributed by atoms with Crippen LogP contribution in [0.15, 0.2) is 42.5 Å². The van der Waals surface area contributed by atoms with Gasteiger partial charge in [-0.15, -0.1) is 0 Å². The lowest BCUT2D eigenvalue weighted by atomic mass is 9.73. The lowest BCUT2D eigenvalue weighted by Gasteiger charge is -2.45. The molecule has 0 radical (unpaired) electrons. The predicted molar refractivity (Wildman–Crippen MR) is 127 cm³/mol. The Hall–Kier alpha value is -2.77. The Morgan fingerprint density at radius 3 is 2.58 bits per heavy atom. The van der Waals surface area contributed by atoms with Gasteiger partial charge in [-0.3, -0.25) is 19.8 Å². The highest BCUT2D eigenvalue weighted by Crippen LogP contribution is 2.48. The number of fused-ring (bicyclic) bond motifs is 2. The minimum Gasteiger partial charge on any atom is -0.391 e. The van der Waals surface area contributed by atoms with Crippen LogP contribution in [-0.2, 0) is 5.41 Å². The van der Waals surface area contributed by atoms with Crippen LogP contribution in [-0.4, -0.2) is 52.6 Å². The zero-order valence-corrected chi connectivity index (χ0v) is 19.1. The first-order valence-corrected chi connectivity index (χ1v) is 12.0. The topological polar surface area (TPSA) is 86.9 Å². The quantitative estimate of drug-likeness (QED) is 0.561. The van der Waals surface area contributed by atoms with Crippen LogP contribution >= 0.6 is 0 Å². The summed E-state index contributed by atoms with van der Waals surface area (Å²) in [5, 5.41) is 21.9. The molecule has 1 N–H and O–H groups in total. The summed E-state index contributed by atoms with van der Waals surface area (Å²) in [5.74, 6) is -0.187. The number of nitro benzene ring substituents is 1. The highest BCUT2D eigenvalue weighted by molar-refractivity contribution is 6.08. The number of nitro groups is 1. The second kappa shape index (κ2) is 8.54. The van der Waals surface area contributed by atoms with Gasteiger partial charge in [0.15, 0.2) is 0 Å². The van der Waals surface area contributed by atoms with Gasteiger partial charge in [0.2, 0.25) is 0 Å². The normalized spacial score (nSPS) is 24.6. The molecular formula is C26H31N3O4. The van der Waals surface area contributed by atoms with E-state index in [0.717, 1.165) is 50.9 Å². The second-order valence-corrected chi connectivity index (χ2v) is 9.90. The van der Waals surface area contributed by atoms with Gasteiger partial charge >= 0.3 is 0 Å². The number of carbonyl (C=O) groups is 1. The van der Waals surface area contributed by atoms with E-state index < -0.39 is 4.92 Å². The predicted octanol–water partition coefficient (Wildman–Crippen LogP) is 4.20. The fourth-order valence-corrected chi connectivity index (χ4v) is 6.14. The first-order chi connectivity index (χ1) is 15.9. The lowest BCUT2D eigenvalue weighted by Crippen LogP contribution is -2.53. The molecule has 0 aromatic heterocycles. The van der Waals surface area contributed by atoms with Crippen LogP contribution in [0.3, 0.4) is 0 Å². The fraction of sp³-hybridized carbons (Fsp3) is 0.500. The molecule has 1 amide bonds. The van der Waals surface area contributed by atoms with Crippen LogP contribution in [0, 0.1) is 17.0 Å². The van der Waals surface area contributed by atoms with Crippen molar-refractivity contribution in [1.29, 1.82) is 0 Å². The summed E-state index contributed by atoms with van der Waals surface area (Å²) in [5.41, 5.74) is 2.87. The molecule has 33 heavy (non-hydrogen) atoms. The third kappa shape index (κ3) is 3.83. The molecule has 3 aliphatic rings. The summed E-state index contributed by atoms with van der Waals surface area (Å²) in [6, 6.07) is 13.1. The summed E-state index contributed by atoms with van der Waals surface area (Å²) < 4.78 is 0. The highest BCUT2D eigenvalue weighted by atomic mass is 16.6. The Balaban J connectivity index is 1.40. The molecule has 174 valence electrons. The van der Waals surface area contributed by atoms with Gasteiger partial charge in [0.25, 0.3) is 11.6 Å². The van der Waals surface area contributed by atoms with Crippen molar-refractivity contribution < 1.29 is 14.8 Å². The van der Waals surface area contributed by atoms with Crippen molar-refractivity contribution in [2.24, 2.45) is 0 Å². The van der Waals surface area contributed by atoms with E-state index in [1.165, 1.54) is 18.1 Å². The zero-order valence-electron chi connectivity index (χ0n) is 19.1. The molecule has 0 unspecified atom stereocenters. The first kappa shape index (κ1) is 22.0. The summed E-state index contributed by atoms with van der Waals surface area (Å²) >= 11 is 0. The maximum atomic E-state index is 13.5. The number of carbonyl (C=O) groups excluding carboxylic acids is 1. The number of aliphatic hydroxyl groups excluding tert-OH is 1. The molecule has 2 fully saturated rings. The van der Waals surface area contributed by atoms with Crippen molar-refractivity contribution in [1.82, 2.24) is 4.90 Å². The number of nitrogens with zero attached hydrogens (tertiary/aromatic N) is 3. The monoisotopic (exact) mass is 449 g/mol. The number of aryl methyl sites for hydroxylation is 1. The number of piperidine rings is 1. The van der Waals surface area contributed by atoms with E-state index in [1.54, 1.807) is 19.1 Å². The average molecular weight is 450 g/mol. The molecule has 7 nitrogen and oxygen atoms in total. The number of rotatable bonds is 3. The molecule has 1 spiro atoms.